The predicted octanol–water partition coefficient (Wildman–Crippen LogP) is 3.79. The number of benzene rings is 1. The van der Waals surface area contributed by atoms with E-state index in [0.29, 0.717) is 0 Å². The average Bonchev–Trinajstić information content (AvgIpc) is 2.60. The Labute approximate surface area is 105 Å². The van der Waals surface area contributed by atoms with Gasteiger partial charge in [0.1, 0.15) is 5.82 Å². The summed E-state index contributed by atoms with van der Waals surface area (Å²) in [6.45, 7) is 5.91. The minimum absolute atomic E-state index is 0.182. The highest BCUT2D eigenvalue weighted by molar-refractivity contribution is 7.12. The van der Waals surface area contributed by atoms with Gasteiger partial charge in [0, 0.05) is 22.8 Å². The summed E-state index contributed by atoms with van der Waals surface area (Å²) in [6.07, 6.45) is 0. The number of hydrogen-bond donors (Lipinski definition) is 1. The molecule has 0 aliphatic rings. The first-order chi connectivity index (χ1) is 8.15. The molecule has 1 nitrogen and oxygen atoms in total. The molecule has 0 bridgehead atoms. The van der Waals surface area contributed by atoms with Gasteiger partial charge >= 0.3 is 0 Å². The molecule has 0 saturated heterocycles. The molecule has 0 fully saturated rings. The van der Waals surface area contributed by atoms with Crippen molar-refractivity contribution in [2.24, 2.45) is 0 Å². The van der Waals surface area contributed by atoms with Gasteiger partial charge in [-0.15, -0.1) is 11.3 Å². The molecule has 2 rings (SSSR count). The molecule has 0 amide bonds. The van der Waals surface area contributed by atoms with Gasteiger partial charge in [-0.1, -0.05) is 12.1 Å². The van der Waals surface area contributed by atoms with Crippen molar-refractivity contribution in [1.82, 2.24) is 5.32 Å². The van der Waals surface area contributed by atoms with Crippen LogP contribution in [0.4, 0.5) is 4.39 Å². The van der Waals surface area contributed by atoms with Gasteiger partial charge in [0.25, 0.3) is 0 Å². The van der Waals surface area contributed by atoms with Gasteiger partial charge in [-0.05, 0) is 43.2 Å². The van der Waals surface area contributed by atoms with Gasteiger partial charge in [-0.3, -0.25) is 0 Å². The van der Waals surface area contributed by atoms with Gasteiger partial charge < -0.3 is 5.32 Å². The minimum atomic E-state index is -0.182. The third kappa shape index (κ3) is 3.38. The highest BCUT2D eigenvalue weighted by atomic mass is 32.1. The zero-order valence-corrected chi connectivity index (χ0v) is 10.9. The molecule has 0 radical (unpaired) electrons. The first-order valence-corrected chi connectivity index (χ1v) is 6.48. The van der Waals surface area contributed by atoms with E-state index in [9.17, 15) is 4.39 Å². The van der Waals surface area contributed by atoms with Gasteiger partial charge in [-0.2, -0.15) is 0 Å². The number of nitrogens with one attached hydrogen (secondary N) is 1. The fraction of sp³-hybridized carbons (Fsp3) is 0.286. The van der Waals surface area contributed by atoms with Crippen LogP contribution < -0.4 is 5.32 Å². The maximum Gasteiger partial charge on any atom is 0.123 e. The molecular weight excluding hydrogens is 233 g/mol. The van der Waals surface area contributed by atoms with Crippen LogP contribution in [0.2, 0.25) is 0 Å². The Morgan fingerprint density at radius 2 is 1.82 bits per heavy atom. The number of rotatable bonds is 4. The molecule has 0 saturated carbocycles. The first-order valence-electron chi connectivity index (χ1n) is 5.66. The molecule has 1 N–H and O–H groups in total. The molecule has 1 aromatic heterocycles. The van der Waals surface area contributed by atoms with E-state index in [-0.39, 0.29) is 5.82 Å². The Hall–Kier alpha value is -1.19. The molecule has 0 unspecified atom stereocenters. The van der Waals surface area contributed by atoms with Gasteiger partial charge in [0.05, 0.1) is 0 Å². The molecular formula is C14H16FNS. The summed E-state index contributed by atoms with van der Waals surface area (Å²) in [5.74, 6) is -0.182. The van der Waals surface area contributed by atoms with E-state index in [4.69, 9.17) is 0 Å². The predicted molar refractivity (Wildman–Crippen MR) is 70.7 cm³/mol. The fourth-order valence-corrected chi connectivity index (χ4v) is 2.75. The van der Waals surface area contributed by atoms with Gasteiger partial charge in [0.15, 0.2) is 0 Å². The van der Waals surface area contributed by atoms with Crippen molar-refractivity contribution in [3.05, 3.63) is 57.0 Å². The SMILES string of the molecule is Cc1cc(CNCc2ccc(F)cc2)c(C)s1. The molecule has 17 heavy (non-hydrogen) atoms. The monoisotopic (exact) mass is 249 g/mol. The van der Waals surface area contributed by atoms with Crippen LogP contribution in [-0.4, -0.2) is 0 Å². The lowest BCUT2D eigenvalue weighted by Gasteiger charge is -2.04. The third-order valence-electron chi connectivity index (χ3n) is 2.70. The average molecular weight is 249 g/mol. The van der Waals surface area contributed by atoms with Crippen LogP contribution in [0.25, 0.3) is 0 Å². The second-order valence-corrected chi connectivity index (χ2v) is 5.63. The van der Waals surface area contributed by atoms with Crippen LogP contribution in [0.5, 0.6) is 0 Å². The number of halogens is 1. The Bertz CT molecular complexity index is 487. The second-order valence-electron chi connectivity index (χ2n) is 4.17. The Morgan fingerprint density at radius 1 is 1.12 bits per heavy atom. The second kappa shape index (κ2) is 5.43. The lowest BCUT2D eigenvalue weighted by molar-refractivity contribution is 0.625. The quantitative estimate of drug-likeness (QED) is 0.869. The van der Waals surface area contributed by atoms with E-state index < -0.39 is 0 Å². The Morgan fingerprint density at radius 3 is 2.41 bits per heavy atom. The van der Waals surface area contributed by atoms with E-state index in [0.717, 1.165) is 18.7 Å². The summed E-state index contributed by atoms with van der Waals surface area (Å²) < 4.78 is 12.7. The summed E-state index contributed by atoms with van der Waals surface area (Å²) in [5, 5.41) is 3.38. The van der Waals surface area contributed by atoms with Crippen molar-refractivity contribution in [2.75, 3.05) is 0 Å². The van der Waals surface area contributed by atoms with E-state index in [1.54, 1.807) is 0 Å². The summed E-state index contributed by atoms with van der Waals surface area (Å²) in [6, 6.07) is 8.84. The molecule has 1 heterocycles. The number of aryl methyl sites for hydroxylation is 2. The maximum absolute atomic E-state index is 12.7. The van der Waals surface area contributed by atoms with Crippen molar-refractivity contribution >= 4 is 11.3 Å². The van der Waals surface area contributed by atoms with Crippen LogP contribution in [0.1, 0.15) is 20.9 Å². The van der Waals surface area contributed by atoms with Crippen molar-refractivity contribution in [3.63, 3.8) is 0 Å². The number of hydrogen-bond acceptors (Lipinski definition) is 2. The molecule has 2 aromatic rings. The largest absolute Gasteiger partial charge is 0.309 e. The molecule has 0 atom stereocenters. The van der Waals surface area contributed by atoms with Crippen LogP contribution in [0, 0.1) is 19.7 Å². The molecule has 1 aromatic carbocycles. The molecule has 3 heteroatoms. The van der Waals surface area contributed by atoms with E-state index in [2.05, 4.69) is 25.2 Å². The van der Waals surface area contributed by atoms with Crippen molar-refractivity contribution in [1.29, 1.82) is 0 Å². The Balaban J connectivity index is 1.87. The molecule has 0 spiro atoms. The van der Waals surface area contributed by atoms with Crippen LogP contribution in [0.3, 0.4) is 0 Å². The lowest BCUT2D eigenvalue weighted by Crippen LogP contribution is -2.12. The summed E-state index contributed by atoms with van der Waals surface area (Å²) in [5.41, 5.74) is 2.46. The summed E-state index contributed by atoms with van der Waals surface area (Å²) in [4.78, 5) is 2.72. The highest BCUT2D eigenvalue weighted by Crippen LogP contribution is 2.20. The maximum atomic E-state index is 12.7. The molecule has 90 valence electrons. The van der Waals surface area contributed by atoms with E-state index in [1.807, 2.05) is 23.5 Å². The molecule has 0 aliphatic heterocycles. The normalized spacial score (nSPS) is 10.8. The number of thiophene rings is 1. The third-order valence-corrected chi connectivity index (χ3v) is 3.71. The fourth-order valence-electron chi connectivity index (χ4n) is 1.80. The van der Waals surface area contributed by atoms with E-state index >= 15 is 0 Å². The van der Waals surface area contributed by atoms with Crippen LogP contribution in [-0.2, 0) is 13.1 Å². The van der Waals surface area contributed by atoms with Crippen molar-refractivity contribution in [3.8, 4) is 0 Å². The molecule has 0 aliphatic carbocycles. The van der Waals surface area contributed by atoms with Crippen LogP contribution >= 0.6 is 11.3 Å². The van der Waals surface area contributed by atoms with E-state index in [1.165, 1.54) is 27.5 Å². The van der Waals surface area contributed by atoms with Gasteiger partial charge in [0.2, 0.25) is 0 Å². The van der Waals surface area contributed by atoms with Crippen molar-refractivity contribution < 1.29 is 4.39 Å². The van der Waals surface area contributed by atoms with Gasteiger partial charge in [-0.25, -0.2) is 4.39 Å². The zero-order valence-electron chi connectivity index (χ0n) is 10.1. The summed E-state index contributed by atoms with van der Waals surface area (Å²) in [7, 11) is 0. The highest BCUT2D eigenvalue weighted by Gasteiger charge is 2.02. The Kier molecular flexibility index (Phi) is 3.92. The van der Waals surface area contributed by atoms with Crippen molar-refractivity contribution in [2.45, 2.75) is 26.9 Å². The smallest absolute Gasteiger partial charge is 0.123 e. The first kappa shape index (κ1) is 12.3. The van der Waals surface area contributed by atoms with Crippen LogP contribution in [0.15, 0.2) is 30.3 Å². The lowest BCUT2D eigenvalue weighted by atomic mass is 10.2. The summed E-state index contributed by atoms with van der Waals surface area (Å²) >= 11 is 1.83. The minimum Gasteiger partial charge on any atom is -0.309 e. The topological polar surface area (TPSA) is 12.0 Å². The standard InChI is InChI=1S/C14H16FNS/c1-10-7-13(11(2)17-10)9-16-8-12-3-5-14(15)6-4-12/h3-7,16H,8-9H2,1-2H3. The zero-order chi connectivity index (χ0) is 12.3.